The molecule has 0 saturated carbocycles. The first-order valence-electron chi connectivity index (χ1n) is 3.32. The molecule has 0 heterocycles. The van der Waals surface area contributed by atoms with Crippen molar-refractivity contribution in [3.05, 3.63) is 0 Å². The molecule has 0 aromatic rings. The molecular weight excluding hydrogens is 130 g/mol. The highest BCUT2D eigenvalue weighted by Gasteiger charge is 1.92. The predicted octanol–water partition coefficient (Wildman–Crippen LogP) is 2.39. The van der Waals surface area contributed by atoms with Crippen LogP contribution in [0, 0.1) is 11.3 Å². The monoisotopic (exact) mass is 143 g/mol. The number of thiol groups is 1. The summed E-state index contributed by atoms with van der Waals surface area (Å²) in [5.74, 6) is 0. The van der Waals surface area contributed by atoms with E-state index in [1.807, 2.05) is 0 Å². The minimum atomic E-state index is 0.490. The fraction of sp³-hybridized carbons (Fsp3) is 0.857. The van der Waals surface area contributed by atoms with Gasteiger partial charge in [0, 0.05) is 6.42 Å². The van der Waals surface area contributed by atoms with Crippen LogP contribution in [-0.4, -0.2) is 5.25 Å². The zero-order valence-electron chi connectivity index (χ0n) is 5.80. The molecule has 1 nitrogen and oxygen atoms in total. The molecule has 1 atom stereocenters. The summed E-state index contributed by atoms with van der Waals surface area (Å²) in [7, 11) is 0. The molecule has 1 unspecified atom stereocenters. The molecule has 52 valence electrons. The van der Waals surface area contributed by atoms with E-state index in [0.717, 1.165) is 19.3 Å². The van der Waals surface area contributed by atoms with Crippen LogP contribution in [-0.2, 0) is 0 Å². The van der Waals surface area contributed by atoms with E-state index >= 15 is 0 Å². The van der Waals surface area contributed by atoms with Crippen LogP contribution in [0.3, 0.4) is 0 Å². The average molecular weight is 143 g/mol. The molecule has 2 heteroatoms. The Morgan fingerprint density at radius 1 is 1.56 bits per heavy atom. The Kier molecular flexibility index (Phi) is 5.86. The number of hydrogen-bond acceptors (Lipinski definition) is 2. The van der Waals surface area contributed by atoms with Crippen LogP contribution in [0.4, 0.5) is 0 Å². The van der Waals surface area contributed by atoms with Crippen molar-refractivity contribution in [3.63, 3.8) is 0 Å². The zero-order chi connectivity index (χ0) is 7.11. The Bertz CT molecular complexity index is 93.6. The second kappa shape index (κ2) is 5.97. The van der Waals surface area contributed by atoms with Gasteiger partial charge in [-0.05, 0) is 18.1 Å². The number of nitrogens with zero attached hydrogens (tertiary/aromatic N) is 1. The SMILES string of the molecule is CC(S)CCCCC#N. The van der Waals surface area contributed by atoms with Crippen molar-refractivity contribution in [2.75, 3.05) is 0 Å². The van der Waals surface area contributed by atoms with Crippen molar-refractivity contribution in [3.8, 4) is 6.07 Å². The highest BCUT2D eigenvalue weighted by Crippen LogP contribution is 2.06. The first-order valence-corrected chi connectivity index (χ1v) is 3.84. The number of unbranched alkanes of at least 4 members (excludes halogenated alkanes) is 2. The largest absolute Gasteiger partial charge is 0.198 e. The lowest BCUT2D eigenvalue weighted by Crippen LogP contribution is -1.89. The fourth-order valence-electron chi connectivity index (χ4n) is 0.644. The summed E-state index contributed by atoms with van der Waals surface area (Å²) in [6.07, 6.45) is 3.99. The highest BCUT2D eigenvalue weighted by molar-refractivity contribution is 7.80. The number of rotatable bonds is 4. The maximum atomic E-state index is 8.16. The van der Waals surface area contributed by atoms with E-state index in [2.05, 4.69) is 25.6 Å². The Hall–Kier alpha value is -0.160. The third-order valence-corrected chi connectivity index (χ3v) is 1.42. The summed E-state index contributed by atoms with van der Waals surface area (Å²) in [6, 6.07) is 2.12. The van der Waals surface area contributed by atoms with Gasteiger partial charge in [0.05, 0.1) is 6.07 Å². The molecule has 0 N–H and O–H groups in total. The van der Waals surface area contributed by atoms with E-state index in [0.29, 0.717) is 11.7 Å². The molecule has 9 heavy (non-hydrogen) atoms. The van der Waals surface area contributed by atoms with E-state index in [4.69, 9.17) is 5.26 Å². The summed E-state index contributed by atoms with van der Waals surface area (Å²) in [6.45, 7) is 2.08. The molecule has 0 aliphatic carbocycles. The second-order valence-corrected chi connectivity index (χ2v) is 3.13. The van der Waals surface area contributed by atoms with Crippen LogP contribution in [0.25, 0.3) is 0 Å². The third-order valence-electron chi connectivity index (χ3n) is 1.16. The van der Waals surface area contributed by atoms with Crippen LogP contribution in [0.1, 0.15) is 32.6 Å². The zero-order valence-corrected chi connectivity index (χ0v) is 6.69. The van der Waals surface area contributed by atoms with Gasteiger partial charge in [0.15, 0.2) is 0 Å². The van der Waals surface area contributed by atoms with Crippen molar-refractivity contribution < 1.29 is 0 Å². The van der Waals surface area contributed by atoms with Gasteiger partial charge in [0.1, 0.15) is 0 Å². The molecule has 0 aromatic carbocycles. The van der Waals surface area contributed by atoms with Gasteiger partial charge in [0.25, 0.3) is 0 Å². The average Bonchev–Trinajstić information content (AvgIpc) is 1.80. The van der Waals surface area contributed by atoms with Crippen LogP contribution >= 0.6 is 12.6 Å². The second-order valence-electron chi connectivity index (χ2n) is 2.25. The molecule has 0 aromatic heterocycles. The van der Waals surface area contributed by atoms with Crippen molar-refractivity contribution >= 4 is 12.6 Å². The summed E-state index contributed by atoms with van der Waals surface area (Å²) in [4.78, 5) is 0. The number of hydrogen-bond donors (Lipinski definition) is 1. The van der Waals surface area contributed by atoms with Gasteiger partial charge in [-0.3, -0.25) is 0 Å². The number of nitriles is 1. The summed E-state index contributed by atoms with van der Waals surface area (Å²) < 4.78 is 0. The Morgan fingerprint density at radius 2 is 2.22 bits per heavy atom. The minimum absolute atomic E-state index is 0.490. The van der Waals surface area contributed by atoms with Gasteiger partial charge < -0.3 is 0 Å². The van der Waals surface area contributed by atoms with Gasteiger partial charge >= 0.3 is 0 Å². The predicted molar refractivity (Wildman–Crippen MR) is 42.5 cm³/mol. The minimum Gasteiger partial charge on any atom is -0.198 e. The lowest BCUT2D eigenvalue weighted by atomic mass is 10.2. The van der Waals surface area contributed by atoms with Crippen LogP contribution < -0.4 is 0 Å². The van der Waals surface area contributed by atoms with Crippen molar-refractivity contribution in [2.24, 2.45) is 0 Å². The lowest BCUT2D eigenvalue weighted by molar-refractivity contribution is 0.689. The van der Waals surface area contributed by atoms with E-state index in [-0.39, 0.29) is 0 Å². The van der Waals surface area contributed by atoms with Crippen molar-refractivity contribution in [1.82, 2.24) is 0 Å². The fourth-order valence-corrected chi connectivity index (χ4v) is 0.826. The third kappa shape index (κ3) is 7.84. The molecule has 0 spiro atoms. The van der Waals surface area contributed by atoms with Gasteiger partial charge in [-0.1, -0.05) is 13.3 Å². The Balaban J connectivity index is 2.85. The van der Waals surface area contributed by atoms with Gasteiger partial charge in [0.2, 0.25) is 0 Å². The first kappa shape index (κ1) is 8.84. The van der Waals surface area contributed by atoms with Crippen molar-refractivity contribution in [1.29, 1.82) is 5.26 Å². The smallest absolute Gasteiger partial charge is 0.0621 e. The van der Waals surface area contributed by atoms with E-state index < -0.39 is 0 Å². The van der Waals surface area contributed by atoms with E-state index in [9.17, 15) is 0 Å². The van der Waals surface area contributed by atoms with Crippen LogP contribution in [0.5, 0.6) is 0 Å². The standard InChI is InChI=1S/C7H13NS/c1-7(9)5-3-2-4-6-8/h7,9H,2-5H2,1H3. The molecule has 0 saturated heterocycles. The molecule has 0 amide bonds. The summed E-state index contributed by atoms with van der Waals surface area (Å²) in [5.41, 5.74) is 0. The Morgan fingerprint density at radius 3 is 2.67 bits per heavy atom. The maximum absolute atomic E-state index is 8.16. The molecule has 0 aliphatic rings. The van der Waals surface area contributed by atoms with Crippen molar-refractivity contribution in [2.45, 2.75) is 37.9 Å². The van der Waals surface area contributed by atoms with Crippen LogP contribution in [0.2, 0.25) is 0 Å². The van der Waals surface area contributed by atoms with Gasteiger partial charge in [-0.15, -0.1) is 0 Å². The lowest BCUT2D eigenvalue weighted by Gasteiger charge is -1.99. The Labute approximate surface area is 62.5 Å². The van der Waals surface area contributed by atoms with Crippen LogP contribution in [0.15, 0.2) is 0 Å². The van der Waals surface area contributed by atoms with E-state index in [1.54, 1.807) is 0 Å². The molecule has 0 radical (unpaired) electrons. The van der Waals surface area contributed by atoms with Gasteiger partial charge in [-0.2, -0.15) is 17.9 Å². The topological polar surface area (TPSA) is 23.8 Å². The normalized spacial score (nSPS) is 12.6. The quantitative estimate of drug-likeness (QED) is 0.474. The first-order chi connectivity index (χ1) is 4.27. The summed E-state index contributed by atoms with van der Waals surface area (Å²) in [5, 5.41) is 8.65. The molecule has 0 rings (SSSR count). The van der Waals surface area contributed by atoms with Gasteiger partial charge in [-0.25, -0.2) is 0 Å². The molecule has 0 fully saturated rings. The summed E-state index contributed by atoms with van der Waals surface area (Å²) >= 11 is 4.22. The molecule has 0 bridgehead atoms. The molecular formula is C7H13NS. The highest BCUT2D eigenvalue weighted by atomic mass is 32.1. The maximum Gasteiger partial charge on any atom is 0.0621 e. The molecule has 0 aliphatic heterocycles. The van der Waals surface area contributed by atoms with E-state index in [1.165, 1.54) is 0 Å².